The van der Waals surface area contributed by atoms with Gasteiger partial charge in [0.05, 0.1) is 24.6 Å². The molecule has 1 aromatic heterocycles. The highest BCUT2D eigenvalue weighted by molar-refractivity contribution is 9.11. The van der Waals surface area contributed by atoms with E-state index in [0.29, 0.717) is 23.7 Å². The van der Waals surface area contributed by atoms with Crippen molar-refractivity contribution in [3.8, 4) is 11.5 Å². The minimum absolute atomic E-state index is 0.0558. The average Bonchev–Trinajstić information content (AvgIpc) is 2.98. The van der Waals surface area contributed by atoms with Gasteiger partial charge in [-0.2, -0.15) is 0 Å². The van der Waals surface area contributed by atoms with Gasteiger partial charge in [0.15, 0.2) is 11.5 Å². The lowest BCUT2D eigenvalue weighted by Crippen LogP contribution is -2.32. The van der Waals surface area contributed by atoms with Crippen molar-refractivity contribution < 1.29 is 14.3 Å². The van der Waals surface area contributed by atoms with Gasteiger partial charge in [-0.1, -0.05) is 6.92 Å². The Hall–Kier alpha value is -1.57. The molecule has 0 fully saturated rings. The molecule has 0 spiro atoms. The number of thiophene rings is 1. The van der Waals surface area contributed by atoms with Gasteiger partial charge >= 0.3 is 0 Å². The first-order valence-corrected chi connectivity index (χ1v) is 9.15. The van der Waals surface area contributed by atoms with Crippen LogP contribution in [0.2, 0.25) is 0 Å². The summed E-state index contributed by atoms with van der Waals surface area (Å²) in [5.74, 6) is 1.17. The van der Waals surface area contributed by atoms with Gasteiger partial charge in [0.2, 0.25) is 5.91 Å². The van der Waals surface area contributed by atoms with Gasteiger partial charge in [-0.25, -0.2) is 0 Å². The van der Waals surface area contributed by atoms with Crippen molar-refractivity contribution in [3.63, 3.8) is 0 Å². The Morgan fingerprint density at radius 3 is 2.54 bits per heavy atom. The van der Waals surface area contributed by atoms with Crippen LogP contribution in [0.5, 0.6) is 11.5 Å². The molecule has 1 aromatic carbocycles. The molecule has 1 amide bonds. The maximum Gasteiger partial charge on any atom is 0.238 e. The average molecular weight is 413 g/mol. The van der Waals surface area contributed by atoms with Crippen molar-refractivity contribution in [1.82, 2.24) is 4.90 Å². The zero-order valence-electron chi connectivity index (χ0n) is 14.0. The van der Waals surface area contributed by atoms with E-state index in [-0.39, 0.29) is 5.91 Å². The lowest BCUT2D eigenvalue weighted by Gasteiger charge is -2.19. The number of ether oxygens (including phenoxy) is 2. The van der Waals surface area contributed by atoms with Crippen LogP contribution in [0, 0.1) is 0 Å². The molecule has 0 aliphatic carbocycles. The highest BCUT2D eigenvalue weighted by Crippen LogP contribution is 2.29. The monoisotopic (exact) mass is 412 g/mol. The summed E-state index contributed by atoms with van der Waals surface area (Å²) in [7, 11) is 3.15. The van der Waals surface area contributed by atoms with Crippen molar-refractivity contribution in [2.24, 2.45) is 0 Å². The van der Waals surface area contributed by atoms with E-state index in [1.54, 1.807) is 43.8 Å². The van der Waals surface area contributed by atoms with Gasteiger partial charge < -0.3 is 14.8 Å². The Balaban J connectivity index is 1.96. The van der Waals surface area contributed by atoms with Gasteiger partial charge in [-0.05, 0) is 46.7 Å². The Morgan fingerprint density at radius 1 is 1.21 bits per heavy atom. The summed E-state index contributed by atoms with van der Waals surface area (Å²) < 4.78 is 11.6. The summed E-state index contributed by atoms with van der Waals surface area (Å²) >= 11 is 5.15. The number of benzene rings is 1. The number of hydrogen-bond donors (Lipinski definition) is 1. The fourth-order valence-corrected chi connectivity index (χ4v) is 3.78. The third kappa shape index (κ3) is 5.22. The maximum absolute atomic E-state index is 12.3. The number of hydrogen-bond acceptors (Lipinski definition) is 5. The van der Waals surface area contributed by atoms with Gasteiger partial charge in [-0.3, -0.25) is 9.69 Å². The smallest absolute Gasteiger partial charge is 0.238 e. The number of methoxy groups -OCH3 is 2. The second-order valence-electron chi connectivity index (χ2n) is 5.13. The molecule has 2 rings (SSSR count). The van der Waals surface area contributed by atoms with Gasteiger partial charge in [-0.15, -0.1) is 11.3 Å². The topological polar surface area (TPSA) is 50.8 Å². The molecule has 0 atom stereocenters. The van der Waals surface area contributed by atoms with Crippen molar-refractivity contribution in [1.29, 1.82) is 0 Å². The zero-order chi connectivity index (χ0) is 17.5. The van der Waals surface area contributed by atoms with E-state index < -0.39 is 0 Å². The highest BCUT2D eigenvalue weighted by atomic mass is 79.9. The van der Waals surface area contributed by atoms with Crippen LogP contribution < -0.4 is 14.8 Å². The summed E-state index contributed by atoms with van der Waals surface area (Å²) in [6.07, 6.45) is 0. The first-order valence-electron chi connectivity index (χ1n) is 7.54. The third-order valence-electron chi connectivity index (χ3n) is 3.49. The molecule has 130 valence electrons. The fraction of sp³-hybridized carbons (Fsp3) is 0.353. The molecular weight excluding hydrogens is 392 g/mol. The van der Waals surface area contributed by atoms with E-state index >= 15 is 0 Å². The summed E-state index contributed by atoms with van der Waals surface area (Å²) in [6, 6.07) is 9.42. The number of rotatable bonds is 8. The molecule has 2 aromatic rings. The summed E-state index contributed by atoms with van der Waals surface area (Å²) in [5.41, 5.74) is 0.688. The predicted molar refractivity (Wildman–Crippen MR) is 101 cm³/mol. The standard InChI is InChI=1S/C17H21BrN2O3S/c1-4-20(10-13-6-8-16(18)24-13)11-17(21)19-12-5-7-14(22-2)15(9-12)23-3/h5-9H,4,10-11H2,1-3H3,(H,19,21). The summed E-state index contributed by atoms with van der Waals surface area (Å²) in [5, 5.41) is 2.90. The van der Waals surface area contributed by atoms with E-state index in [1.807, 2.05) is 13.0 Å². The number of amides is 1. The van der Waals surface area contributed by atoms with Crippen LogP contribution in [0.1, 0.15) is 11.8 Å². The minimum atomic E-state index is -0.0558. The van der Waals surface area contributed by atoms with Crippen molar-refractivity contribution >= 4 is 38.9 Å². The summed E-state index contributed by atoms with van der Waals surface area (Å²) in [6.45, 7) is 3.94. The molecule has 7 heteroatoms. The number of nitrogens with one attached hydrogen (secondary N) is 1. The number of carbonyl (C=O) groups excluding carboxylic acids is 1. The van der Waals surface area contributed by atoms with E-state index in [2.05, 4.69) is 32.2 Å². The maximum atomic E-state index is 12.3. The van der Waals surface area contributed by atoms with Gasteiger partial charge in [0.25, 0.3) is 0 Å². The zero-order valence-corrected chi connectivity index (χ0v) is 16.4. The molecule has 24 heavy (non-hydrogen) atoms. The number of halogens is 1. The Labute approximate surface area is 154 Å². The second kappa shape index (κ2) is 9.05. The minimum Gasteiger partial charge on any atom is -0.493 e. The Kier molecular flexibility index (Phi) is 7.08. The number of anilines is 1. The predicted octanol–water partition coefficient (Wildman–Crippen LogP) is 3.99. The summed E-state index contributed by atoms with van der Waals surface area (Å²) in [4.78, 5) is 15.6. The molecule has 1 N–H and O–H groups in total. The molecule has 0 bridgehead atoms. The van der Waals surface area contributed by atoms with Crippen LogP contribution >= 0.6 is 27.3 Å². The molecular formula is C17H21BrN2O3S. The Bertz CT molecular complexity index is 690. The van der Waals surface area contributed by atoms with Crippen LogP contribution in [0.15, 0.2) is 34.1 Å². The SMILES string of the molecule is CCN(CC(=O)Nc1ccc(OC)c(OC)c1)Cc1ccc(Br)s1. The fourth-order valence-electron chi connectivity index (χ4n) is 2.25. The van der Waals surface area contributed by atoms with Crippen LogP contribution in [0.4, 0.5) is 5.69 Å². The molecule has 0 aliphatic rings. The first-order chi connectivity index (χ1) is 11.5. The highest BCUT2D eigenvalue weighted by Gasteiger charge is 2.12. The van der Waals surface area contributed by atoms with Crippen LogP contribution in [0.3, 0.4) is 0 Å². The second-order valence-corrected chi connectivity index (χ2v) is 7.67. The van der Waals surface area contributed by atoms with Crippen LogP contribution in [-0.4, -0.2) is 38.1 Å². The number of likely N-dealkylation sites (N-methyl/N-ethyl adjacent to an activating group) is 1. The van der Waals surface area contributed by atoms with Crippen molar-refractivity contribution in [3.05, 3.63) is 39.0 Å². The van der Waals surface area contributed by atoms with Gasteiger partial charge in [0.1, 0.15) is 0 Å². The van der Waals surface area contributed by atoms with E-state index in [1.165, 1.54) is 4.88 Å². The van der Waals surface area contributed by atoms with E-state index in [9.17, 15) is 4.79 Å². The molecule has 0 saturated heterocycles. The molecule has 0 saturated carbocycles. The quantitative estimate of drug-likeness (QED) is 0.711. The van der Waals surface area contributed by atoms with E-state index in [4.69, 9.17) is 9.47 Å². The van der Waals surface area contributed by atoms with Crippen LogP contribution in [-0.2, 0) is 11.3 Å². The molecule has 1 heterocycles. The number of nitrogens with zero attached hydrogens (tertiary/aromatic N) is 1. The van der Waals surface area contributed by atoms with E-state index in [0.717, 1.165) is 16.9 Å². The normalized spacial score (nSPS) is 10.7. The Morgan fingerprint density at radius 2 is 1.96 bits per heavy atom. The lowest BCUT2D eigenvalue weighted by molar-refractivity contribution is -0.117. The lowest BCUT2D eigenvalue weighted by atomic mass is 10.2. The van der Waals surface area contributed by atoms with Crippen LogP contribution in [0.25, 0.3) is 0 Å². The van der Waals surface area contributed by atoms with Crippen molar-refractivity contribution in [2.45, 2.75) is 13.5 Å². The molecule has 5 nitrogen and oxygen atoms in total. The van der Waals surface area contributed by atoms with Gasteiger partial charge in [0, 0.05) is 23.2 Å². The van der Waals surface area contributed by atoms with Crippen molar-refractivity contribution in [2.75, 3.05) is 32.6 Å². The molecule has 0 radical (unpaired) electrons. The molecule has 0 unspecified atom stereocenters. The number of carbonyl (C=O) groups is 1. The third-order valence-corrected chi connectivity index (χ3v) is 5.10. The largest absolute Gasteiger partial charge is 0.493 e. The first kappa shape index (κ1) is 18.8. The molecule has 0 aliphatic heterocycles.